The second-order valence-electron chi connectivity index (χ2n) is 5.39. The van der Waals surface area contributed by atoms with Crippen LogP contribution in [0.1, 0.15) is 20.3 Å². The SMILES string of the molecule is COCCN(CC(C)C)C(=O)CCOc1ccc(N)cc1. The number of rotatable bonds is 9. The zero-order chi connectivity index (χ0) is 15.7. The van der Waals surface area contributed by atoms with Crippen LogP contribution in [-0.2, 0) is 9.53 Å². The Balaban J connectivity index is 2.39. The van der Waals surface area contributed by atoms with Gasteiger partial charge in [0, 0.05) is 25.9 Å². The van der Waals surface area contributed by atoms with Gasteiger partial charge in [0.15, 0.2) is 0 Å². The summed E-state index contributed by atoms with van der Waals surface area (Å²) in [4.78, 5) is 14.0. The minimum absolute atomic E-state index is 0.0937. The van der Waals surface area contributed by atoms with E-state index in [1.165, 1.54) is 0 Å². The summed E-state index contributed by atoms with van der Waals surface area (Å²) in [6.07, 6.45) is 0.362. The predicted molar refractivity (Wildman–Crippen MR) is 84.3 cm³/mol. The Labute approximate surface area is 127 Å². The standard InChI is InChI=1S/C16H26N2O3/c1-13(2)12-18(9-11-20-3)16(19)8-10-21-15-6-4-14(17)5-7-15/h4-7,13H,8-12,17H2,1-3H3. The van der Waals surface area contributed by atoms with Crippen LogP contribution in [0.2, 0.25) is 0 Å². The molecule has 1 rings (SSSR count). The average Bonchev–Trinajstić information content (AvgIpc) is 2.45. The highest BCUT2D eigenvalue weighted by atomic mass is 16.5. The number of carbonyl (C=O) groups excluding carboxylic acids is 1. The molecule has 0 aliphatic rings. The molecule has 0 unspecified atom stereocenters. The van der Waals surface area contributed by atoms with Gasteiger partial charge < -0.3 is 20.1 Å². The third-order valence-electron chi connectivity index (χ3n) is 2.97. The van der Waals surface area contributed by atoms with Gasteiger partial charge in [0.05, 0.1) is 19.6 Å². The number of hydrogen-bond donors (Lipinski definition) is 1. The van der Waals surface area contributed by atoms with E-state index in [1.54, 1.807) is 31.4 Å². The van der Waals surface area contributed by atoms with Crippen molar-refractivity contribution in [1.82, 2.24) is 4.90 Å². The molecular formula is C16H26N2O3. The summed E-state index contributed by atoms with van der Waals surface area (Å²) in [6.45, 7) is 6.47. The molecule has 2 N–H and O–H groups in total. The molecule has 5 heteroatoms. The summed E-state index contributed by atoms with van der Waals surface area (Å²) in [5.74, 6) is 1.25. The van der Waals surface area contributed by atoms with Crippen LogP contribution in [0.15, 0.2) is 24.3 Å². The van der Waals surface area contributed by atoms with Crippen molar-refractivity contribution in [3.05, 3.63) is 24.3 Å². The number of hydrogen-bond acceptors (Lipinski definition) is 4. The van der Waals surface area contributed by atoms with E-state index in [2.05, 4.69) is 13.8 Å². The fourth-order valence-corrected chi connectivity index (χ4v) is 1.94. The molecule has 1 amide bonds. The van der Waals surface area contributed by atoms with Gasteiger partial charge in [-0.3, -0.25) is 4.79 Å². The normalized spacial score (nSPS) is 10.7. The first-order valence-corrected chi connectivity index (χ1v) is 7.28. The molecule has 5 nitrogen and oxygen atoms in total. The summed E-state index contributed by atoms with van der Waals surface area (Å²) >= 11 is 0. The molecule has 0 spiro atoms. The molecule has 0 saturated carbocycles. The third-order valence-corrected chi connectivity index (χ3v) is 2.97. The lowest BCUT2D eigenvalue weighted by Crippen LogP contribution is -2.37. The zero-order valence-electron chi connectivity index (χ0n) is 13.2. The van der Waals surface area contributed by atoms with E-state index in [0.29, 0.717) is 37.8 Å². The maximum absolute atomic E-state index is 12.2. The first kappa shape index (κ1) is 17.3. The highest BCUT2D eigenvalue weighted by molar-refractivity contribution is 5.76. The highest BCUT2D eigenvalue weighted by Crippen LogP contribution is 2.13. The summed E-state index contributed by atoms with van der Waals surface area (Å²) in [7, 11) is 1.64. The monoisotopic (exact) mass is 294 g/mol. The molecular weight excluding hydrogens is 268 g/mol. The lowest BCUT2D eigenvalue weighted by molar-refractivity contribution is -0.132. The molecule has 0 atom stereocenters. The second kappa shape index (κ2) is 9.23. The van der Waals surface area contributed by atoms with Crippen molar-refractivity contribution >= 4 is 11.6 Å². The van der Waals surface area contributed by atoms with Gasteiger partial charge in [0.1, 0.15) is 5.75 Å². The average molecular weight is 294 g/mol. The van der Waals surface area contributed by atoms with E-state index in [4.69, 9.17) is 15.2 Å². The lowest BCUT2D eigenvalue weighted by atomic mass is 10.2. The Kier molecular flexibility index (Phi) is 7.61. The number of amides is 1. The molecule has 0 heterocycles. The van der Waals surface area contributed by atoms with Crippen molar-refractivity contribution in [2.75, 3.05) is 39.1 Å². The number of nitrogens with zero attached hydrogens (tertiary/aromatic N) is 1. The third kappa shape index (κ3) is 6.99. The van der Waals surface area contributed by atoms with Crippen LogP contribution in [0.3, 0.4) is 0 Å². The van der Waals surface area contributed by atoms with E-state index in [0.717, 1.165) is 12.3 Å². The van der Waals surface area contributed by atoms with Crippen LogP contribution in [0, 0.1) is 5.92 Å². The topological polar surface area (TPSA) is 64.8 Å². The van der Waals surface area contributed by atoms with Crippen molar-refractivity contribution in [2.45, 2.75) is 20.3 Å². The van der Waals surface area contributed by atoms with E-state index < -0.39 is 0 Å². The van der Waals surface area contributed by atoms with Gasteiger partial charge in [-0.1, -0.05) is 13.8 Å². The fraction of sp³-hybridized carbons (Fsp3) is 0.562. The van der Waals surface area contributed by atoms with Gasteiger partial charge in [-0.2, -0.15) is 0 Å². The zero-order valence-corrected chi connectivity index (χ0v) is 13.2. The Morgan fingerprint density at radius 3 is 2.48 bits per heavy atom. The van der Waals surface area contributed by atoms with Gasteiger partial charge in [-0.25, -0.2) is 0 Å². The van der Waals surface area contributed by atoms with Gasteiger partial charge in [0.25, 0.3) is 0 Å². The number of ether oxygens (including phenoxy) is 2. The summed E-state index contributed by atoms with van der Waals surface area (Å²) < 4.78 is 10.6. The minimum Gasteiger partial charge on any atom is -0.493 e. The Morgan fingerprint density at radius 1 is 1.24 bits per heavy atom. The van der Waals surface area contributed by atoms with Crippen LogP contribution in [-0.4, -0.2) is 44.2 Å². The first-order chi connectivity index (χ1) is 10.0. The smallest absolute Gasteiger partial charge is 0.226 e. The molecule has 0 fully saturated rings. The largest absolute Gasteiger partial charge is 0.493 e. The van der Waals surface area contributed by atoms with Crippen LogP contribution in [0.25, 0.3) is 0 Å². The van der Waals surface area contributed by atoms with Crippen molar-refractivity contribution in [1.29, 1.82) is 0 Å². The number of benzene rings is 1. The maximum Gasteiger partial charge on any atom is 0.226 e. The van der Waals surface area contributed by atoms with E-state index in [9.17, 15) is 4.79 Å². The molecule has 0 saturated heterocycles. The molecule has 0 bridgehead atoms. The van der Waals surface area contributed by atoms with Gasteiger partial charge in [-0.05, 0) is 30.2 Å². The Bertz CT molecular complexity index is 418. The van der Waals surface area contributed by atoms with Crippen LogP contribution >= 0.6 is 0 Å². The molecule has 0 aliphatic carbocycles. The van der Waals surface area contributed by atoms with Gasteiger partial charge >= 0.3 is 0 Å². The molecule has 118 valence electrons. The fourth-order valence-electron chi connectivity index (χ4n) is 1.94. The molecule has 21 heavy (non-hydrogen) atoms. The lowest BCUT2D eigenvalue weighted by Gasteiger charge is -2.24. The number of nitrogens with two attached hydrogens (primary N) is 1. The maximum atomic E-state index is 12.2. The van der Waals surface area contributed by atoms with Crippen molar-refractivity contribution in [3.8, 4) is 5.75 Å². The van der Waals surface area contributed by atoms with E-state index in [1.807, 2.05) is 4.90 Å². The van der Waals surface area contributed by atoms with Crippen molar-refractivity contribution < 1.29 is 14.3 Å². The predicted octanol–water partition coefficient (Wildman–Crippen LogP) is 2.17. The number of anilines is 1. The summed E-state index contributed by atoms with van der Waals surface area (Å²) in [5, 5.41) is 0. The number of methoxy groups -OCH3 is 1. The second-order valence-corrected chi connectivity index (χ2v) is 5.39. The molecule has 0 aliphatic heterocycles. The molecule has 0 radical (unpaired) electrons. The highest BCUT2D eigenvalue weighted by Gasteiger charge is 2.14. The Hall–Kier alpha value is -1.75. The van der Waals surface area contributed by atoms with Gasteiger partial charge in [-0.15, -0.1) is 0 Å². The minimum atomic E-state index is 0.0937. The van der Waals surface area contributed by atoms with Crippen LogP contribution < -0.4 is 10.5 Å². The molecule has 1 aromatic rings. The molecule has 1 aromatic carbocycles. The summed E-state index contributed by atoms with van der Waals surface area (Å²) in [5.41, 5.74) is 6.30. The first-order valence-electron chi connectivity index (χ1n) is 7.28. The molecule has 0 aromatic heterocycles. The Morgan fingerprint density at radius 2 is 1.90 bits per heavy atom. The van der Waals surface area contributed by atoms with Crippen molar-refractivity contribution in [3.63, 3.8) is 0 Å². The van der Waals surface area contributed by atoms with Gasteiger partial charge in [0.2, 0.25) is 5.91 Å². The number of carbonyl (C=O) groups is 1. The van der Waals surface area contributed by atoms with Crippen LogP contribution in [0.5, 0.6) is 5.75 Å². The van der Waals surface area contributed by atoms with Crippen LogP contribution in [0.4, 0.5) is 5.69 Å². The van der Waals surface area contributed by atoms with Crippen molar-refractivity contribution in [2.24, 2.45) is 5.92 Å². The quantitative estimate of drug-likeness (QED) is 0.709. The number of nitrogen functional groups attached to an aromatic ring is 1. The van der Waals surface area contributed by atoms with E-state index >= 15 is 0 Å². The van der Waals surface area contributed by atoms with E-state index in [-0.39, 0.29) is 5.91 Å². The summed E-state index contributed by atoms with van der Waals surface area (Å²) in [6, 6.07) is 7.16.